The Kier molecular flexibility index (Phi) is 6.06. The molecular formula is C16H23BrN2O2. The Bertz CT molecular complexity index is 487. The van der Waals surface area contributed by atoms with E-state index in [2.05, 4.69) is 33.1 Å². The first-order valence-corrected chi connectivity index (χ1v) is 8.23. The highest BCUT2D eigenvalue weighted by Crippen LogP contribution is 2.22. The minimum Gasteiger partial charge on any atom is -0.497 e. The Labute approximate surface area is 135 Å². The minimum atomic E-state index is -0.0611. The average molecular weight is 355 g/mol. The number of benzene rings is 1. The van der Waals surface area contributed by atoms with E-state index in [9.17, 15) is 4.79 Å². The average Bonchev–Trinajstić information content (AvgIpc) is 2.98. The molecule has 0 bridgehead atoms. The van der Waals surface area contributed by atoms with Crippen molar-refractivity contribution in [3.05, 3.63) is 28.2 Å². The molecule has 116 valence electrons. The van der Waals surface area contributed by atoms with E-state index in [0.717, 1.165) is 11.0 Å². The van der Waals surface area contributed by atoms with E-state index in [1.54, 1.807) is 13.2 Å². The molecule has 1 unspecified atom stereocenters. The Morgan fingerprint density at radius 3 is 2.81 bits per heavy atom. The van der Waals surface area contributed by atoms with Crippen LogP contribution in [0, 0.1) is 5.92 Å². The van der Waals surface area contributed by atoms with Crippen molar-refractivity contribution in [1.82, 2.24) is 10.2 Å². The van der Waals surface area contributed by atoms with Crippen LogP contribution >= 0.6 is 15.9 Å². The molecule has 1 aliphatic heterocycles. The van der Waals surface area contributed by atoms with Crippen molar-refractivity contribution in [2.24, 2.45) is 5.92 Å². The molecule has 1 atom stereocenters. The number of hydrogen-bond donors (Lipinski definition) is 1. The lowest BCUT2D eigenvalue weighted by Crippen LogP contribution is -2.34. The summed E-state index contributed by atoms with van der Waals surface area (Å²) >= 11 is 3.41. The zero-order valence-corrected chi connectivity index (χ0v) is 14.3. The molecule has 0 aromatic heterocycles. The van der Waals surface area contributed by atoms with Gasteiger partial charge in [-0.1, -0.05) is 6.92 Å². The fourth-order valence-corrected chi connectivity index (χ4v) is 3.06. The van der Waals surface area contributed by atoms with Gasteiger partial charge in [-0.3, -0.25) is 4.79 Å². The van der Waals surface area contributed by atoms with Crippen LogP contribution in [0.5, 0.6) is 5.75 Å². The molecule has 2 rings (SSSR count). The number of halogens is 1. The third-order valence-electron chi connectivity index (χ3n) is 3.80. The molecule has 0 saturated carbocycles. The van der Waals surface area contributed by atoms with E-state index >= 15 is 0 Å². The zero-order valence-electron chi connectivity index (χ0n) is 12.7. The van der Waals surface area contributed by atoms with E-state index in [4.69, 9.17) is 4.74 Å². The number of ether oxygens (including phenoxy) is 1. The standard InChI is InChI=1S/C16H23BrN2O2/c1-12(11-19-7-3-4-8-19)10-18-16(20)14-9-13(21-2)5-6-15(14)17/h5-6,9,12H,3-4,7-8,10-11H2,1-2H3,(H,18,20). The minimum absolute atomic E-state index is 0.0611. The van der Waals surface area contributed by atoms with Crippen molar-refractivity contribution < 1.29 is 9.53 Å². The Morgan fingerprint density at radius 1 is 1.43 bits per heavy atom. The smallest absolute Gasteiger partial charge is 0.252 e. The molecule has 0 aliphatic carbocycles. The fourth-order valence-electron chi connectivity index (χ4n) is 2.64. The lowest BCUT2D eigenvalue weighted by atomic mass is 10.1. The quantitative estimate of drug-likeness (QED) is 0.853. The monoisotopic (exact) mass is 354 g/mol. The first kappa shape index (κ1) is 16.3. The second kappa shape index (κ2) is 7.80. The Morgan fingerprint density at radius 2 is 2.14 bits per heavy atom. The molecule has 1 amide bonds. The summed E-state index contributed by atoms with van der Waals surface area (Å²) in [4.78, 5) is 14.7. The Hall–Kier alpha value is -1.07. The summed E-state index contributed by atoms with van der Waals surface area (Å²) in [6, 6.07) is 5.42. The molecule has 1 saturated heterocycles. The van der Waals surface area contributed by atoms with Gasteiger partial charge in [-0.05, 0) is 66.0 Å². The molecule has 4 nitrogen and oxygen atoms in total. The van der Waals surface area contributed by atoms with Crippen LogP contribution in [0.1, 0.15) is 30.1 Å². The molecule has 1 aliphatic rings. The van der Waals surface area contributed by atoms with Crippen molar-refractivity contribution in [3.63, 3.8) is 0 Å². The SMILES string of the molecule is COc1ccc(Br)c(C(=O)NCC(C)CN2CCCC2)c1. The summed E-state index contributed by atoms with van der Waals surface area (Å²) in [6.45, 7) is 6.32. The van der Waals surface area contributed by atoms with Crippen LogP contribution in [0.3, 0.4) is 0 Å². The van der Waals surface area contributed by atoms with Crippen LogP contribution < -0.4 is 10.1 Å². The number of carbonyl (C=O) groups excluding carboxylic acids is 1. The fraction of sp³-hybridized carbons (Fsp3) is 0.562. The molecule has 1 fully saturated rings. The van der Waals surface area contributed by atoms with E-state index in [1.165, 1.54) is 25.9 Å². The normalized spacial score (nSPS) is 16.7. The van der Waals surface area contributed by atoms with E-state index in [-0.39, 0.29) is 5.91 Å². The highest BCUT2D eigenvalue weighted by molar-refractivity contribution is 9.10. The van der Waals surface area contributed by atoms with Gasteiger partial charge in [0.25, 0.3) is 5.91 Å². The lowest BCUT2D eigenvalue weighted by Gasteiger charge is -2.20. The number of hydrogen-bond acceptors (Lipinski definition) is 3. The molecule has 5 heteroatoms. The number of likely N-dealkylation sites (tertiary alicyclic amines) is 1. The largest absolute Gasteiger partial charge is 0.497 e. The lowest BCUT2D eigenvalue weighted by molar-refractivity contribution is 0.0944. The number of rotatable bonds is 6. The molecule has 1 N–H and O–H groups in total. The van der Waals surface area contributed by atoms with Crippen molar-refractivity contribution in [2.75, 3.05) is 33.3 Å². The maximum absolute atomic E-state index is 12.3. The van der Waals surface area contributed by atoms with Crippen molar-refractivity contribution in [3.8, 4) is 5.75 Å². The molecule has 21 heavy (non-hydrogen) atoms. The van der Waals surface area contributed by atoms with E-state index < -0.39 is 0 Å². The molecule has 0 radical (unpaired) electrons. The van der Waals surface area contributed by atoms with E-state index in [0.29, 0.717) is 23.8 Å². The van der Waals surface area contributed by atoms with Crippen LogP contribution in [0.25, 0.3) is 0 Å². The summed E-state index contributed by atoms with van der Waals surface area (Å²) in [7, 11) is 1.60. The molecule has 0 spiro atoms. The second-order valence-electron chi connectivity index (χ2n) is 5.67. The van der Waals surface area contributed by atoms with Gasteiger partial charge in [-0.15, -0.1) is 0 Å². The van der Waals surface area contributed by atoms with Crippen LogP contribution in [0.15, 0.2) is 22.7 Å². The maximum Gasteiger partial charge on any atom is 0.252 e. The van der Waals surface area contributed by atoms with Crippen LogP contribution in [-0.2, 0) is 0 Å². The summed E-state index contributed by atoms with van der Waals surface area (Å²) < 4.78 is 5.95. The van der Waals surface area contributed by atoms with Crippen LogP contribution in [0.2, 0.25) is 0 Å². The number of nitrogens with one attached hydrogen (secondary N) is 1. The highest BCUT2D eigenvalue weighted by Gasteiger charge is 2.16. The third kappa shape index (κ3) is 4.71. The van der Waals surface area contributed by atoms with Gasteiger partial charge in [0.1, 0.15) is 5.75 Å². The molecule has 1 aromatic rings. The van der Waals surface area contributed by atoms with Gasteiger partial charge in [-0.2, -0.15) is 0 Å². The summed E-state index contributed by atoms with van der Waals surface area (Å²) in [5.74, 6) is 1.08. The van der Waals surface area contributed by atoms with E-state index in [1.807, 2.05) is 12.1 Å². The Balaban J connectivity index is 1.86. The molecule has 1 aromatic carbocycles. The number of amides is 1. The third-order valence-corrected chi connectivity index (χ3v) is 4.49. The zero-order chi connectivity index (χ0) is 15.2. The first-order valence-electron chi connectivity index (χ1n) is 7.44. The van der Waals surface area contributed by atoms with Gasteiger partial charge in [0.15, 0.2) is 0 Å². The van der Waals surface area contributed by atoms with Gasteiger partial charge < -0.3 is 15.0 Å². The topological polar surface area (TPSA) is 41.6 Å². The predicted molar refractivity (Wildman–Crippen MR) is 87.9 cm³/mol. The number of nitrogens with zero attached hydrogens (tertiary/aromatic N) is 1. The van der Waals surface area contributed by atoms with Crippen molar-refractivity contribution >= 4 is 21.8 Å². The summed E-state index contributed by atoms with van der Waals surface area (Å²) in [5, 5.41) is 3.01. The summed E-state index contributed by atoms with van der Waals surface area (Å²) in [5.41, 5.74) is 0.614. The van der Waals surface area contributed by atoms with Gasteiger partial charge in [-0.25, -0.2) is 0 Å². The summed E-state index contributed by atoms with van der Waals surface area (Å²) in [6.07, 6.45) is 2.60. The molecule has 1 heterocycles. The van der Waals surface area contributed by atoms with Gasteiger partial charge >= 0.3 is 0 Å². The van der Waals surface area contributed by atoms with Gasteiger partial charge in [0.05, 0.1) is 12.7 Å². The number of methoxy groups -OCH3 is 1. The predicted octanol–water partition coefficient (Wildman–Crippen LogP) is 2.92. The highest BCUT2D eigenvalue weighted by atomic mass is 79.9. The molecular weight excluding hydrogens is 332 g/mol. The number of carbonyl (C=O) groups is 1. The van der Waals surface area contributed by atoms with Crippen LogP contribution in [0.4, 0.5) is 0 Å². The van der Waals surface area contributed by atoms with Crippen LogP contribution in [-0.4, -0.2) is 44.1 Å². The maximum atomic E-state index is 12.3. The second-order valence-corrected chi connectivity index (χ2v) is 6.52. The van der Waals surface area contributed by atoms with Gasteiger partial charge in [0.2, 0.25) is 0 Å². The van der Waals surface area contributed by atoms with Crippen molar-refractivity contribution in [1.29, 1.82) is 0 Å². The first-order chi connectivity index (χ1) is 10.1. The van der Waals surface area contributed by atoms with Crippen molar-refractivity contribution in [2.45, 2.75) is 19.8 Å². The van der Waals surface area contributed by atoms with Gasteiger partial charge in [0, 0.05) is 17.6 Å².